The number of halogens is 1. The molecule has 4 heteroatoms. The van der Waals surface area contributed by atoms with E-state index in [-0.39, 0.29) is 5.91 Å². The average molecular weight is 275 g/mol. The van der Waals surface area contributed by atoms with Crippen LogP contribution in [0.3, 0.4) is 0 Å². The lowest BCUT2D eigenvalue weighted by Crippen LogP contribution is -2.26. The summed E-state index contributed by atoms with van der Waals surface area (Å²) >= 11 is 5.88. The lowest BCUT2D eigenvalue weighted by atomic mass is 10.2. The maximum Gasteiger partial charge on any atom is 0.254 e. The maximum atomic E-state index is 12.3. The lowest BCUT2D eigenvalue weighted by molar-refractivity contribution is 0.0785. The lowest BCUT2D eigenvalue weighted by Gasteiger charge is -2.17. The molecular formula is C15H15ClN2O. The summed E-state index contributed by atoms with van der Waals surface area (Å²) in [6.07, 6.45) is 0. The predicted molar refractivity (Wildman–Crippen MR) is 76.2 cm³/mol. The first-order chi connectivity index (χ1) is 9.06. The minimum absolute atomic E-state index is 0.0590. The molecule has 0 unspecified atom stereocenters. The van der Waals surface area contributed by atoms with Gasteiger partial charge in [0.2, 0.25) is 0 Å². The van der Waals surface area contributed by atoms with E-state index in [1.165, 1.54) is 0 Å². The number of rotatable bonds is 3. The van der Waals surface area contributed by atoms with Gasteiger partial charge < -0.3 is 4.90 Å². The Bertz CT molecular complexity index is 564. The smallest absolute Gasteiger partial charge is 0.254 e. The Morgan fingerprint density at radius 3 is 2.58 bits per heavy atom. The van der Waals surface area contributed by atoms with Crippen molar-refractivity contribution in [3.8, 4) is 0 Å². The summed E-state index contributed by atoms with van der Waals surface area (Å²) in [5.74, 6) is -0.0590. The van der Waals surface area contributed by atoms with E-state index < -0.39 is 0 Å². The van der Waals surface area contributed by atoms with Gasteiger partial charge in [0.1, 0.15) is 5.15 Å². The molecule has 0 atom stereocenters. The molecule has 0 aliphatic carbocycles. The van der Waals surface area contributed by atoms with Crippen molar-refractivity contribution in [2.75, 3.05) is 7.05 Å². The van der Waals surface area contributed by atoms with Crippen molar-refractivity contribution in [2.24, 2.45) is 0 Å². The summed E-state index contributed by atoms with van der Waals surface area (Å²) in [5, 5.41) is 0.344. The van der Waals surface area contributed by atoms with Crippen LogP contribution in [-0.4, -0.2) is 22.8 Å². The summed E-state index contributed by atoms with van der Waals surface area (Å²) in [6.45, 7) is 2.39. The van der Waals surface area contributed by atoms with E-state index in [4.69, 9.17) is 11.6 Å². The van der Waals surface area contributed by atoms with Gasteiger partial charge in [-0.05, 0) is 24.6 Å². The van der Waals surface area contributed by atoms with Crippen LogP contribution in [0.2, 0.25) is 5.15 Å². The molecule has 0 N–H and O–H groups in total. The zero-order valence-electron chi connectivity index (χ0n) is 10.9. The van der Waals surface area contributed by atoms with E-state index >= 15 is 0 Å². The van der Waals surface area contributed by atoms with Gasteiger partial charge >= 0.3 is 0 Å². The van der Waals surface area contributed by atoms with E-state index in [0.29, 0.717) is 17.3 Å². The molecular weight excluding hydrogens is 260 g/mol. The third kappa shape index (κ3) is 3.55. The highest BCUT2D eigenvalue weighted by molar-refractivity contribution is 6.29. The molecule has 1 aromatic carbocycles. The normalized spacial score (nSPS) is 10.3. The molecule has 1 aromatic heterocycles. The summed E-state index contributed by atoms with van der Waals surface area (Å²) in [6, 6.07) is 13.2. The quantitative estimate of drug-likeness (QED) is 0.805. The highest BCUT2D eigenvalue weighted by Crippen LogP contribution is 2.13. The van der Waals surface area contributed by atoms with Crippen LogP contribution in [0.1, 0.15) is 21.6 Å². The Balaban J connectivity index is 2.15. The third-order valence-electron chi connectivity index (χ3n) is 2.78. The Kier molecular flexibility index (Phi) is 4.17. The van der Waals surface area contributed by atoms with Gasteiger partial charge in [-0.15, -0.1) is 0 Å². The van der Waals surface area contributed by atoms with E-state index in [2.05, 4.69) is 4.98 Å². The second kappa shape index (κ2) is 5.85. The van der Waals surface area contributed by atoms with Gasteiger partial charge in [0.05, 0.1) is 0 Å². The maximum absolute atomic E-state index is 12.3. The summed E-state index contributed by atoms with van der Waals surface area (Å²) in [5.41, 5.74) is 2.40. The first-order valence-electron chi connectivity index (χ1n) is 6.00. The molecule has 0 bridgehead atoms. The number of aromatic nitrogens is 1. The van der Waals surface area contributed by atoms with Crippen LogP contribution in [0, 0.1) is 6.92 Å². The van der Waals surface area contributed by atoms with Crippen LogP contribution in [-0.2, 0) is 6.54 Å². The van der Waals surface area contributed by atoms with Gasteiger partial charge in [-0.25, -0.2) is 4.98 Å². The molecule has 1 amide bonds. The van der Waals surface area contributed by atoms with Crippen LogP contribution in [0.4, 0.5) is 0 Å². The molecule has 0 saturated carbocycles. The topological polar surface area (TPSA) is 33.2 Å². The highest BCUT2D eigenvalue weighted by atomic mass is 35.5. The third-order valence-corrected chi connectivity index (χ3v) is 2.97. The highest BCUT2D eigenvalue weighted by Gasteiger charge is 2.13. The molecule has 19 heavy (non-hydrogen) atoms. The molecule has 0 fully saturated rings. The number of carbonyl (C=O) groups excluding carboxylic acids is 1. The molecule has 0 aliphatic rings. The van der Waals surface area contributed by atoms with E-state index in [0.717, 1.165) is 11.3 Å². The molecule has 1 heterocycles. The fraction of sp³-hybridized carbons (Fsp3) is 0.200. The number of nitrogens with zero attached hydrogens (tertiary/aromatic N) is 2. The Hall–Kier alpha value is -1.87. The van der Waals surface area contributed by atoms with Crippen LogP contribution in [0.5, 0.6) is 0 Å². The number of pyridine rings is 1. The molecule has 98 valence electrons. The number of carbonyl (C=O) groups is 1. The minimum atomic E-state index is -0.0590. The van der Waals surface area contributed by atoms with Crippen molar-refractivity contribution < 1.29 is 4.79 Å². The van der Waals surface area contributed by atoms with Gasteiger partial charge in [0.15, 0.2) is 0 Å². The second-order valence-corrected chi connectivity index (χ2v) is 4.85. The van der Waals surface area contributed by atoms with Crippen molar-refractivity contribution in [1.82, 2.24) is 9.88 Å². The largest absolute Gasteiger partial charge is 0.337 e. The van der Waals surface area contributed by atoms with Crippen LogP contribution >= 0.6 is 11.6 Å². The molecule has 0 saturated heterocycles. The number of amides is 1. The number of aryl methyl sites for hydroxylation is 1. The standard InChI is InChI=1S/C15H15ClN2O/c1-11-8-13(9-14(16)17-11)15(19)18(2)10-12-6-4-3-5-7-12/h3-9H,10H2,1-2H3. The molecule has 0 radical (unpaired) electrons. The van der Waals surface area contributed by atoms with Gasteiger partial charge in [-0.2, -0.15) is 0 Å². The summed E-state index contributed by atoms with van der Waals surface area (Å²) < 4.78 is 0. The minimum Gasteiger partial charge on any atom is -0.337 e. The number of hydrogen-bond acceptors (Lipinski definition) is 2. The van der Waals surface area contributed by atoms with Gasteiger partial charge in [-0.3, -0.25) is 4.79 Å². The first-order valence-corrected chi connectivity index (χ1v) is 6.37. The second-order valence-electron chi connectivity index (χ2n) is 4.47. The van der Waals surface area contributed by atoms with Crippen molar-refractivity contribution in [1.29, 1.82) is 0 Å². The van der Waals surface area contributed by atoms with Gasteiger partial charge in [-0.1, -0.05) is 41.9 Å². The predicted octanol–water partition coefficient (Wildman–Crippen LogP) is 3.32. The van der Waals surface area contributed by atoms with Crippen molar-refractivity contribution in [3.63, 3.8) is 0 Å². The zero-order chi connectivity index (χ0) is 13.8. The van der Waals surface area contributed by atoms with Gasteiger partial charge in [0, 0.05) is 24.8 Å². The van der Waals surface area contributed by atoms with Crippen molar-refractivity contribution in [3.05, 3.63) is 64.4 Å². The van der Waals surface area contributed by atoms with Crippen LogP contribution < -0.4 is 0 Å². The van der Waals surface area contributed by atoms with Crippen LogP contribution in [0.25, 0.3) is 0 Å². The van der Waals surface area contributed by atoms with E-state index in [9.17, 15) is 4.79 Å². The molecule has 0 aliphatic heterocycles. The Labute approximate surface area is 117 Å². The van der Waals surface area contributed by atoms with Gasteiger partial charge in [0.25, 0.3) is 5.91 Å². The fourth-order valence-corrected chi connectivity index (χ4v) is 2.15. The summed E-state index contributed by atoms with van der Waals surface area (Å²) in [4.78, 5) is 18.0. The van der Waals surface area contributed by atoms with Crippen molar-refractivity contribution >= 4 is 17.5 Å². The van der Waals surface area contributed by atoms with Crippen LogP contribution in [0.15, 0.2) is 42.5 Å². The monoisotopic (exact) mass is 274 g/mol. The molecule has 3 nitrogen and oxygen atoms in total. The first kappa shape index (κ1) is 13.6. The Morgan fingerprint density at radius 1 is 1.26 bits per heavy atom. The van der Waals surface area contributed by atoms with Crippen molar-refractivity contribution in [2.45, 2.75) is 13.5 Å². The molecule has 2 rings (SSSR count). The zero-order valence-corrected chi connectivity index (χ0v) is 11.7. The van der Waals surface area contributed by atoms with E-state index in [1.54, 1.807) is 24.1 Å². The SMILES string of the molecule is Cc1cc(C(=O)N(C)Cc2ccccc2)cc(Cl)n1. The molecule has 2 aromatic rings. The molecule has 0 spiro atoms. The number of benzene rings is 1. The average Bonchev–Trinajstić information content (AvgIpc) is 2.37. The fourth-order valence-electron chi connectivity index (χ4n) is 1.90. The van der Waals surface area contributed by atoms with E-state index in [1.807, 2.05) is 37.3 Å². The Morgan fingerprint density at radius 2 is 1.95 bits per heavy atom. The summed E-state index contributed by atoms with van der Waals surface area (Å²) in [7, 11) is 1.78. The number of hydrogen-bond donors (Lipinski definition) is 0.